The molecule has 88 valence electrons. The maximum Gasteiger partial charge on any atom is 0.124 e. The van der Waals surface area contributed by atoms with Crippen molar-refractivity contribution < 1.29 is 4.74 Å². The van der Waals surface area contributed by atoms with E-state index in [9.17, 15) is 0 Å². The van der Waals surface area contributed by atoms with Crippen LogP contribution in [-0.2, 0) is 0 Å². The fourth-order valence-corrected chi connectivity index (χ4v) is 2.49. The molecule has 16 heavy (non-hydrogen) atoms. The second-order valence-electron chi connectivity index (χ2n) is 4.57. The first-order chi connectivity index (χ1) is 7.61. The molecule has 1 aliphatic rings. The second-order valence-corrected chi connectivity index (χ2v) is 5.48. The molecule has 3 heteroatoms. The minimum atomic E-state index is 0.0975. The average molecular weight is 284 g/mol. The third-order valence-corrected chi connectivity index (χ3v) is 3.91. The molecule has 1 aliphatic heterocycles. The first kappa shape index (κ1) is 11.9. The van der Waals surface area contributed by atoms with Crippen molar-refractivity contribution in [2.24, 2.45) is 11.7 Å². The zero-order chi connectivity index (χ0) is 11.7. The molecule has 3 unspecified atom stereocenters. The van der Waals surface area contributed by atoms with E-state index >= 15 is 0 Å². The second kappa shape index (κ2) is 4.76. The maximum atomic E-state index is 6.20. The molecule has 0 fully saturated rings. The molecule has 2 rings (SSSR count). The molecule has 0 bridgehead atoms. The summed E-state index contributed by atoms with van der Waals surface area (Å²) in [6, 6.07) is 6.17. The number of halogens is 1. The molecule has 0 radical (unpaired) electrons. The van der Waals surface area contributed by atoms with Crippen molar-refractivity contribution in [2.75, 3.05) is 0 Å². The summed E-state index contributed by atoms with van der Waals surface area (Å²) in [5.41, 5.74) is 7.32. The fraction of sp³-hybridized carbons (Fsp3) is 0.538. The van der Waals surface area contributed by atoms with Gasteiger partial charge in [0.15, 0.2) is 0 Å². The molecule has 0 aliphatic carbocycles. The molecule has 0 spiro atoms. The van der Waals surface area contributed by atoms with Crippen LogP contribution in [-0.4, -0.2) is 6.10 Å². The Morgan fingerprint density at radius 3 is 3.00 bits per heavy atom. The Morgan fingerprint density at radius 1 is 1.56 bits per heavy atom. The van der Waals surface area contributed by atoms with Gasteiger partial charge in [0.1, 0.15) is 11.9 Å². The number of nitrogens with two attached hydrogens (primary N) is 1. The summed E-state index contributed by atoms with van der Waals surface area (Å²) in [6.45, 7) is 4.41. The molecule has 0 aromatic heterocycles. The predicted octanol–water partition coefficient (Wildman–Crippen LogP) is 3.65. The summed E-state index contributed by atoms with van der Waals surface area (Å²) < 4.78 is 7.07. The molecule has 0 saturated heterocycles. The normalized spacial score (nSPS) is 25.8. The van der Waals surface area contributed by atoms with Gasteiger partial charge in [-0.15, -0.1) is 0 Å². The van der Waals surface area contributed by atoms with Gasteiger partial charge in [-0.2, -0.15) is 0 Å². The zero-order valence-corrected chi connectivity index (χ0v) is 11.3. The Hall–Kier alpha value is -0.540. The van der Waals surface area contributed by atoms with E-state index in [0.717, 1.165) is 28.6 Å². The third kappa shape index (κ3) is 2.25. The van der Waals surface area contributed by atoms with Crippen molar-refractivity contribution in [2.45, 2.75) is 38.8 Å². The lowest BCUT2D eigenvalue weighted by molar-refractivity contribution is 0.105. The lowest BCUT2D eigenvalue weighted by Crippen LogP contribution is -2.34. The lowest BCUT2D eigenvalue weighted by Gasteiger charge is -2.33. The van der Waals surface area contributed by atoms with E-state index in [-0.39, 0.29) is 12.1 Å². The highest BCUT2D eigenvalue weighted by Crippen LogP contribution is 2.37. The maximum absolute atomic E-state index is 6.20. The van der Waals surface area contributed by atoms with Crippen molar-refractivity contribution >= 4 is 15.9 Å². The van der Waals surface area contributed by atoms with Gasteiger partial charge in [0, 0.05) is 22.5 Å². The van der Waals surface area contributed by atoms with Gasteiger partial charge < -0.3 is 10.5 Å². The van der Waals surface area contributed by atoms with Gasteiger partial charge in [-0.3, -0.25) is 0 Å². The Kier molecular flexibility index (Phi) is 3.55. The minimum absolute atomic E-state index is 0.0975. The van der Waals surface area contributed by atoms with Crippen molar-refractivity contribution in [3.8, 4) is 5.75 Å². The Balaban J connectivity index is 2.26. The van der Waals surface area contributed by atoms with Crippen LogP contribution in [0.3, 0.4) is 0 Å². The molecule has 1 aromatic rings. The standard InChI is InChI=1S/C13H18BrNO/c1-3-8(2)13-7-11(15)10-6-9(14)4-5-12(10)16-13/h4-6,8,11,13H,3,7,15H2,1-2H3. The fourth-order valence-electron chi connectivity index (χ4n) is 2.12. The highest BCUT2D eigenvalue weighted by molar-refractivity contribution is 9.10. The molecule has 0 saturated carbocycles. The largest absolute Gasteiger partial charge is 0.490 e. The van der Waals surface area contributed by atoms with E-state index in [4.69, 9.17) is 10.5 Å². The van der Waals surface area contributed by atoms with Crippen LogP contribution in [0.15, 0.2) is 22.7 Å². The van der Waals surface area contributed by atoms with Crippen LogP contribution in [0.5, 0.6) is 5.75 Å². The smallest absolute Gasteiger partial charge is 0.124 e. The van der Waals surface area contributed by atoms with Gasteiger partial charge in [-0.25, -0.2) is 0 Å². The Bertz CT molecular complexity index is 380. The van der Waals surface area contributed by atoms with Gasteiger partial charge in [0.05, 0.1) is 0 Å². The number of hydrogen-bond acceptors (Lipinski definition) is 2. The SMILES string of the molecule is CCC(C)C1CC(N)c2cc(Br)ccc2O1. The van der Waals surface area contributed by atoms with Crippen LogP contribution in [0.25, 0.3) is 0 Å². The van der Waals surface area contributed by atoms with E-state index in [1.807, 2.05) is 12.1 Å². The van der Waals surface area contributed by atoms with Crippen LogP contribution < -0.4 is 10.5 Å². The van der Waals surface area contributed by atoms with Gasteiger partial charge in [0.2, 0.25) is 0 Å². The highest BCUT2D eigenvalue weighted by atomic mass is 79.9. The molecule has 3 atom stereocenters. The van der Waals surface area contributed by atoms with Crippen molar-refractivity contribution in [3.05, 3.63) is 28.2 Å². The summed E-state index contributed by atoms with van der Waals surface area (Å²) in [5, 5.41) is 0. The Morgan fingerprint density at radius 2 is 2.31 bits per heavy atom. The van der Waals surface area contributed by atoms with Crippen molar-refractivity contribution in [1.29, 1.82) is 0 Å². The molecule has 2 nitrogen and oxygen atoms in total. The summed E-state index contributed by atoms with van der Waals surface area (Å²) >= 11 is 3.46. The molecule has 1 aromatic carbocycles. The van der Waals surface area contributed by atoms with Gasteiger partial charge in [0.25, 0.3) is 0 Å². The van der Waals surface area contributed by atoms with Crippen LogP contribution in [0.4, 0.5) is 0 Å². The molecular formula is C13H18BrNO. The van der Waals surface area contributed by atoms with Crippen LogP contribution in [0.1, 0.15) is 38.3 Å². The third-order valence-electron chi connectivity index (χ3n) is 3.41. The zero-order valence-electron chi connectivity index (χ0n) is 9.74. The topological polar surface area (TPSA) is 35.2 Å². The van der Waals surface area contributed by atoms with E-state index < -0.39 is 0 Å². The van der Waals surface area contributed by atoms with E-state index in [0.29, 0.717) is 5.92 Å². The van der Waals surface area contributed by atoms with Gasteiger partial charge in [-0.05, 0) is 24.1 Å². The summed E-state index contributed by atoms with van der Waals surface area (Å²) in [7, 11) is 0. The number of fused-ring (bicyclic) bond motifs is 1. The lowest BCUT2D eigenvalue weighted by atomic mass is 9.90. The molecule has 2 N–H and O–H groups in total. The number of ether oxygens (including phenoxy) is 1. The monoisotopic (exact) mass is 283 g/mol. The van der Waals surface area contributed by atoms with Gasteiger partial charge in [-0.1, -0.05) is 36.2 Å². The van der Waals surface area contributed by atoms with Crippen molar-refractivity contribution in [1.82, 2.24) is 0 Å². The first-order valence-corrected chi connectivity index (χ1v) is 6.62. The van der Waals surface area contributed by atoms with E-state index in [1.165, 1.54) is 0 Å². The summed E-state index contributed by atoms with van der Waals surface area (Å²) in [5.74, 6) is 1.51. The number of rotatable bonds is 2. The van der Waals surface area contributed by atoms with Gasteiger partial charge >= 0.3 is 0 Å². The van der Waals surface area contributed by atoms with Crippen LogP contribution in [0, 0.1) is 5.92 Å². The summed E-state index contributed by atoms with van der Waals surface area (Å²) in [6.07, 6.45) is 2.30. The highest BCUT2D eigenvalue weighted by Gasteiger charge is 2.28. The number of hydrogen-bond donors (Lipinski definition) is 1. The van der Waals surface area contributed by atoms with E-state index in [2.05, 4.69) is 35.8 Å². The molecule has 0 amide bonds. The van der Waals surface area contributed by atoms with Crippen molar-refractivity contribution in [3.63, 3.8) is 0 Å². The van der Waals surface area contributed by atoms with Crippen LogP contribution >= 0.6 is 15.9 Å². The first-order valence-electron chi connectivity index (χ1n) is 5.83. The minimum Gasteiger partial charge on any atom is -0.490 e. The predicted molar refractivity (Wildman–Crippen MR) is 69.6 cm³/mol. The molecule has 1 heterocycles. The van der Waals surface area contributed by atoms with Crippen LogP contribution in [0.2, 0.25) is 0 Å². The summed E-state index contributed by atoms with van der Waals surface area (Å²) in [4.78, 5) is 0. The van der Waals surface area contributed by atoms with E-state index in [1.54, 1.807) is 0 Å². The quantitative estimate of drug-likeness (QED) is 0.899. The molecular weight excluding hydrogens is 266 g/mol. The Labute approximate surface area is 105 Å². The number of benzene rings is 1. The average Bonchev–Trinajstić information content (AvgIpc) is 2.28.